The summed E-state index contributed by atoms with van der Waals surface area (Å²) in [6.07, 6.45) is 5.95. The molecule has 1 amide bonds. The van der Waals surface area contributed by atoms with Crippen molar-refractivity contribution in [1.82, 2.24) is 14.5 Å². The number of hydrogen-bond acceptors (Lipinski definition) is 5. The summed E-state index contributed by atoms with van der Waals surface area (Å²) >= 11 is 0. The monoisotopic (exact) mass is 444 g/mol. The van der Waals surface area contributed by atoms with Crippen LogP contribution >= 0.6 is 0 Å². The Kier molecular flexibility index (Phi) is 6.96. The fourth-order valence-electron chi connectivity index (χ4n) is 3.96. The Morgan fingerprint density at radius 3 is 2.44 bits per heavy atom. The van der Waals surface area contributed by atoms with Gasteiger partial charge in [0.05, 0.1) is 43.1 Å². The number of fused-ring (bicyclic) bond motifs is 1. The van der Waals surface area contributed by atoms with Crippen LogP contribution in [0.4, 0.5) is 14.5 Å². The maximum Gasteiger partial charge on any atom is 0.258 e. The molecular weight excluding hydrogens is 418 g/mol. The number of anilines is 1. The van der Waals surface area contributed by atoms with E-state index in [1.54, 1.807) is 15.6 Å². The molecule has 4 heterocycles. The second-order valence-corrected chi connectivity index (χ2v) is 7.81. The molecule has 1 unspecified atom stereocenters. The van der Waals surface area contributed by atoms with Crippen molar-refractivity contribution in [3.63, 3.8) is 0 Å². The Morgan fingerprint density at radius 1 is 1.09 bits per heavy atom. The number of halogens is 2. The fourth-order valence-corrected chi connectivity index (χ4v) is 3.96. The van der Waals surface area contributed by atoms with E-state index >= 15 is 0 Å². The average molecular weight is 444 g/mol. The first-order valence-corrected chi connectivity index (χ1v) is 10.7. The molecule has 0 aliphatic carbocycles. The number of rotatable bonds is 3. The number of morpholine rings is 1. The smallest absolute Gasteiger partial charge is 0.258 e. The topological polar surface area (TPSA) is 70.3 Å². The van der Waals surface area contributed by atoms with Crippen LogP contribution in [-0.4, -0.2) is 71.0 Å². The Balaban J connectivity index is 0.000000260. The lowest BCUT2D eigenvalue weighted by molar-refractivity contribution is -0.0183. The maximum atomic E-state index is 13.0. The molecule has 2 fully saturated rings. The summed E-state index contributed by atoms with van der Waals surface area (Å²) in [6, 6.07) is 8.11. The summed E-state index contributed by atoms with van der Waals surface area (Å²) in [5.41, 5.74) is 2.53. The quantitative estimate of drug-likeness (QED) is 0.673. The zero-order valence-corrected chi connectivity index (χ0v) is 17.7. The van der Waals surface area contributed by atoms with Gasteiger partial charge >= 0.3 is 0 Å². The molecular formula is C23H26F2N4O3. The van der Waals surface area contributed by atoms with Gasteiger partial charge in [0.1, 0.15) is 11.6 Å². The van der Waals surface area contributed by atoms with Crippen molar-refractivity contribution in [1.29, 1.82) is 0 Å². The predicted octanol–water partition coefficient (Wildman–Crippen LogP) is 2.73. The van der Waals surface area contributed by atoms with E-state index in [1.165, 1.54) is 12.8 Å². The van der Waals surface area contributed by atoms with Crippen LogP contribution in [0.1, 0.15) is 23.2 Å². The number of carbonyl (C=O) groups excluding carboxylic acids is 1. The number of hydrogen-bond donors (Lipinski definition) is 1. The molecule has 2 saturated heterocycles. The van der Waals surface area contributed by atoms with Gasteiger partial charge in [-0.25, -0.2) is 13.3 Å². The van der Waals surface area contributed by atoms with Crippen molar-refractivity contribution in [2.45, 2.75) is 18.9 Å². The van der Waals surface area contributed by atoms with Gasteiger partial charge in [-0.15, -0.1) is 0 Å². The molecule has 0 bridgehead atoms. The van der Waals surface area contributed by atoms with Crippen LogP contribution in [0.15, 0.2) is 48.8 Å². The first kappa shape index (κ1) is 22.2. The number of aliphatic hydroxyl groups excluding tert-OH is 1. The molecule has 170 valence electrons. The zero-order valence-electron chi connectivity index (χ0n) is 17.7. The summed E-state index contributed by atoms with van der Waals surface area (Å²) in [6.45, 7) is 3.39. The van der Waals surface area contributed by atoms with Crippen molar-refractivity contribution in [2.24, 2.45) is 0 Å². The Morgan fingerprint density at radius 2 is 1.78 bits per heavy atom. The van der Waals surface area contributed by atoms with E-state index in [2.05, 4.69) is 10.00 Å². The van der Waals surface area contributed by atoms with Gasteiger partial charge in [0.25, 0.3) is 5.91 Å². The highest BCUT2D eigenvalue weighted by Gasteiger charge is 2.29. The van der Waals surface area contributed by atoms with Gasteiger partial charge in [-0.2, -0.15) is 5.10 Å². The first-order valence-electron chi connectivity index (χ1n) is 10.7. The number of carbonyl (C=O) groups is 1. The van der Waals surface area contributed by atoms with E-state index in [-0.39, 0.29) is 18.6 Å². The largest absolute Gasteiger partial charge is 0.394 e. The number of pyridine rings is 1. The molecule has 32 heavy (non-hydrogen) atoms. The van der Waals surface area contributed by atoms with Gasteiger partial charge in [0.15, 0.2) is 0 Å². The number of aromatic nitrogens is 2. The third-order valence-electron chi connectivity index (χ3n) is 5.71. The van der Waals surface area contributed by atoms with Crippen LogP contribution in [0.2, 0.25) is 0 Å². The van der Waals surface area contributed by atoms with E-state index in [4.69, 9.17) is 4.74 Å². The lowest BCUT2D eigenvalue weighted by atomic mass is 10.1. The van der Waals surface area contributed by atoms with Crippen molar-refractivity contribution in [3.05, 3.63) is 66.0 Å². The second kappa shape index (κ2) is 10.1. The predicted molar refractivity (Wildman–Crippen MR) is 116 cm³/mol. The van der Waals surface area contributed by atoms with Gasteiger partial charge < -0.3 is 19.6 Å². The molecule has 2 aliphatic heterocycles. The molecule has 7 nitrogen and oxygen atoms in total. The van der Waals surface area contributed by atoms with Gasteiger partial charge in [0, 0.05) is 31.5 Å². The molecule has 2 aromatic heterocycles. The molecule has 9 heteroatoms. The molecule has 5 rings (SSSR count). The molecule has 0 spiro atoms. The normalized spacial score (nSPS) is 18.5. The third-order valence-corrected chi connectivity index (χ3v) is 5.71. The first-order chi connectivity index (χ1) is 15.6. The number of amides is 1. The summed E-state index contributed by atoms with van der Waals surface area (Å²) < 4.78 is 30.9. The van der Waals surface area contributed by atoms with E-state index in [1.807, 2.05) is 18.3 Å². The lowest BCUT2D eigenvalue weighted by Gasteiger charge is -2.34. The van der Waals surface area contributed by atoms with Gasteiger partial charge in [-0.1, -0.05) is 0 Å². The standard InChI is InChI=1S/C17H22N4O3.C6H4F2/c22-11-14-12-24-8-7-20(14)17(23)15-10-18-21-6-3-13(9-16(15)21)19-4-1-2-5-19;7-5-1-2-6(8)4-3-5/h3,6,9-10,14,22H,1-2,4-5,7-8,11-12H2;1-4H. The van der Waals surface area contributed by atoms with Crippen LogP contribution in [0.3, 0.4) is 0 Å². The third kappa shape index (κ3) is 4.89. The highest BCUT2D eigenvalue weighted by molar-refractivity contribution is 6.01. The summed E-state index contributed by atoms with van der Waals surface area (Å²) in [5, 5.41) is 13.8. The number of aliphatic hydroxyl groups is 1. The molecule has 1 atom stereocenters. The van der Waals surface area contributed by atoms with Crippen LogP contribution < -0.4 is 4.90 Å². The fraction of sp³-hybridized carbons (Fsp3) is 0.391. The van der Waals surface area contributed by atoms with E-state index in [9.17, 15) is 18.7 Å². The van der Waals surface area contributed by atoms with Crippen molar-refractivity contribution >= 4 is 17.1 Å². The van der Waals surface area contributed by atoms with Gasteiger partial charge in [0.2, 0.25) is 0 Å². The summed E-state index contributed by atoms with van der Waals surface area (Å²) in [4.78, 5) is 17.0. The van der Waals surface area contributed by atoms with Gasteiger partial charge in [-0.3, -0.25) is 4.79 Å². The van der Waals surface area contributed by atoms with Crippen molar-refractivity contribution in [3.8, 4) is 0 Å². The minimum atomic E-state index is -0.411. The highest BCUT2D eigenvalue weighted by Crippen LogP contribution is 2.24. The van der Waals surface area contributed by atoms with Crippen LogP contribution in [0.25, 0.3) is 5.52 Å². The zero-order chi connectivity index (χ0) is 22.5. The molecule has 1 aromatic carbocycles. The van der Waals surface area contributed by atoms with Crippen molar-refractivity contribution < 1.29 is 23.4 Å². The summed E-state index contributed by atoms with van der Waals surface area (Å²) in [5.74, 6) is -0.913. The second-order valence-electron chi connectivity index (χ2n) is 7.81. The maximum absolute atomic E-state index is 13.0. The number of benzene rings is 1. The highest BCUT2D eigenvalue weighted by atomic mass is 19.1. The molecule has 3 aromatic rings. The van der Waals surface area contributed by atoms with Crippen LogP contribution in [0, 0.1) is 11.6 Å². The molecule has 0 saturated carbocycles. The minimum Gasteiger partial charge on any atom is -0.394 e. The van der Waals surface area contributed by atoms with Crippen LogP contribution in [-0.2, 0) is 4.74 Å². The van der Waals surface area contributed by atoms with E-state index < -0.39 is 11.6 Å². The van der Waals surface area contributed by atoms with Crippen LogP contribution in [0.5, 0.6) is 0 Å². The summed E-state index contributed by atoms with van der Waals surface area (Å²) in [7, 11) is 0. The van der Waals surface area contributed by atoms with Gasteiger partial charge in [-0.05, 0) is 49.2 Å². The molecule has 1 N–H and O–H groups in total. The minimum absolute atomic E-state index is 0.0917. The molecule has 2 aliphatic rings. The lowest BCUT2D eigenvalue weighted by Crippen LogP contribution is -2.50. The Labute approximate surface area is 184 Å². The number of ether oxygens (including phenoxy) is 1. The van der Waals surface area contributed by atoms with Crippen molar-refractivity contribution in [2.75, 3.05) is 44.4 Å². The van der Waals surface area contributed by atoms with E-state index in [0.717, 1.165) is 48.6 Å². The Bertz CT molecular complexity index is 1030. The number of nitrogens with zero attached hydrogens (tertiary/aromatic N) is 4. The average Bonchev–Trinajstić information content (AvgIpc) is 3.51. The van der Waals surface area contributed by atoms with E-state index in [0.29, 0.717) is 25.3 Å². The Hall–Kier alpha value is -3.04. The molecule has 0 radical (unpaired) electrons. The SMILES string of the molecule is Fc1ccc(F)cc1.O=C(c1cnn2ccc(N3CCCC3)cc12)N1CCOCC1CO.